The van der Waals surface area contributed by atoms with Gasteiger partial charge in [-0.05, 0) is 46.7 Å². The molecular formula is C17H16N4O5S. The summed E-state index contributed by atoms with van der Waals surface area (Å²) in [6, 6.07) is 11.0. The minimum atomic E-state index is -3.74. The van der Waals surface area contributed by atoms with Crippen LogP contribution in [0.25, 0.3) is 11.0 Å². The molecule has 0 aliphatic carbocycles. The van der Waals surface area contributed by atoms with Gasteiger partial charge in [0.15, 0.2) is 15.4 Å². The van der Waals surface area contributed by atoms with Gasteiger partial charge in [0.05, 0.1) is 10.6 Å². The van der Waals surface area contributed by atoms with Crippen molar-refractivity contribution in [3.63, 3.8) is 0 Å². The Bertz CT molecular complexity index is 1090. The summed E-state index contributed by atoms with van der Waals surface area (Å²) in [6.07, 6.45) is -0.225. The topological polar surface area (TPSA) is 131 Å². The molecule has 0 aliphatic rings. The van der Waals surface area contributed by atoms with Crippen LogP contribution >= 0.6 is 0 Å². The Morgan fingerprint density at radius 2 is 1.67 bits per heavy atom. The number of carbonyl (C=O) groups is 2. The molecular weight excluding hydrogens is 372 g/mol. The van der Waals surface area contributed by atoms with Gasteiger partial charge < -0.3 is 10.6 Å². The maximum absolute atomic E-state index is 12.5. The highest BCUT2D eigenvalue weighted by molar-refractivity contribution is 7.91. The van der Waals surface area contributed by atoms with E-state index in [1.54, 1.807) is 30.3 Å². The van der Waals surface area contributed by atoms with E-state index < -0.39 is 15.7 Å². The second kappa shape index (κ2) is 7.54. The lowest BCUT2D eigenvalue weighted by atomic mass is 10.2. The van der Waals surface area contributed by atoms with Crippen molar-refractivity contribution in [2.45, 2.75) is 18.2 Å². The van der Waals surface area contributed by atoms with Crippen LogP contribution in [0.2, 0.25) is 0 Å². The number of amides is 2. The first-order valence-electron chi connectivity index (χ1n) is 7.97. The quantitative estimate of drug-likeness (QED) is 0.660. The van der Waals surface area contributed by atoms with Gasteiger partial charge in [-0.2, -0.15) is 0 Å². The zero-order valence-electron chi connectivity index (χ0n) is 14.3. The number of hydrogen-bond acceptors (Lipinski definition) is 7. The summed E-state index contributed by atoms with van der Waals surface area (Å²) in [5.74, 6) is -1.03. The van der Waals surface area contributed by atoms with Crippen molar-refractivity contribution >= 4 is 44.1 Å². The number of hydrogen-bond donors (Lipinski definition) is 2. The molecule has 3 rings (SSSR count). The van der Waals surface area contributed by atoms with E-state index in [0.717, 1.165) is 0 Å². The Hall–Kier alpha value is -3.27. The number of nitrogens with zero attached hydrogens (tertiary/aromatic N) is 2. The van der Waals surface area contributed by atoms with Crippen LogP contribution < -0.4 is 10.6 Å². The van der Waals surface area contributed by atoms with Gasteiger partial charge >= 0.3 is 0 Å². The van der Waals surface area contributed by atoms with Crippen LogP contribution in [0.15, 0.2) is 52.0 Å². The van der Waals surface area contributed by atoms with Crippen molar-refractivity contribution in [1.82, 2.24) is 10.3 Å². The van der Waals surface area contributed by atoms with E-state index in [-0.39, 0.29) is 28.5 Å². The van der Waals surface area contributed by atoms with Gasteiger partial charge in [-0.25, -0.2) is 13.0 Å². The minimum Gasteiger partial charge on any atom is -0.326 e. The van der Waals surface area contributed by atoms with Crippen LogP contribution in [-0.4, -0.2) is 36.3 Å². The molecule has 1 heterocycles. The average Bonchev–Trinajstić information content (AvgIpc) is 3.10. The van der Waals surface area contributed by atoms with Gasteiger partial charge in [0.2, 0.25) is 11.8 Å². The summed E-state index contributed by atoms with van der Waals surface area (Å²) >= 11 is 0. The molecule has 0 fully saturated rings. The Morgan fingerprint density at radius 3 is 2.33 bits per heavy atom. The van der Waals surface area contributed by atoms with Crippen LogP contribution in [0.1, 0.15) is 13.3 Å². The van der Waals surface area contributed by atoms with E-state index in [4.69, 9.17) is 0 Å². The third-order valence-corrected chi connectivity index (χ3v) is 5.41. The molecule has 0 aliphatic heterocycles. The predicted octanol–water partition coefficient (Wildman–Crippen LogP) is 1.98. The van der Waals surface area contributed by atoms with E-state index in [0.29, 0.717) is 16.9 Å². The van der Waals surface area contributed by atoms with Crippen molar-refractivity contribution < 1.29 is 22.6 Å². The second-order valence-corrected chi connectivity index (χ2v) is 7.84. The highest BCUT2D eigenvalue weighted by atomic mass is 32.2. The third kappa shape index (κ3) is 4.47. The standard InChI is InChI=1S/C17H16N4O5S/c1-11(22)18-12-5-7-13(8-6-12)19-16(23)9-10-27(24,25)15-4-2-3-14-17(15)21-26-20-14/h2-8H,9-10H2,1H3,(H,18,22)(H,19,23). The fourth-order valence-electron chi connectivity index (χ4n) is 2.43. The largest absolute Gasteiger partial charge is 0.326 e. The number of benzene rings is 2. The summed E-state index contributed by atoms with van der Waals surface area (Å²) in [7, 11) is -3.74. The minimum absolute atomic E-state index is 0.0197. The molecule has 0 atom stereocenters. The van der Waals surface area contributed by atoms with Gasteiger partial charge in [-0.1, -0.05) is 6.07 Å². The number of carbonyl (C=O) groups excluding carboxylic acids is 2. The molecule has 2 aromatic carbocycles. The lowest BCUT2D eigenvalue weighted by molar-refractivity contribution is -0.116. The highest BCUT2D eigenvalue weighted by Crippen LogP contribution is 2.21. The SMILES string of the molecule is CC(=O)Nc1ccc(NC(=O)CCS(=O)(=O)c2cccc3nonc23)cc1. The summed E-state index contributed by atoms with van der Waals surface area (Å²) in [6.45, 7) is 1.39. The van der Waals surface area contributed by atoms with Crippen LogP contribution in [0.3, 0.4) is 0 Å². The first kappa shape index (κ1) is 18.5. The van der Waals surface area contributed by atoms with Crippen LogP contribution in [0.5, 0.6) is 0 Å². The molecule has 27 heavy (non-hydrogen) atoms. The summed E-state index contributed by atoms with van der Waals surface area (Å²) in [5.41, 5.74) is 1.57. The molecule has 10 heteroatoms. The number of nitrogens with one attached hydrogen (secondary N) is 2. The predicted molar refractivity (Wildman–Crippen MR) is 97.8 cm³/mol. The molecule has 0 saturated carbocycles. The van der Waals surface area contributed by atoms with Gasteiger partial charge in [-0.15, -0.1) is 0 Å². The molecule has 9 nitrogen and oxygen atoms in total. The molecule has 0 unspecified atom stereocenters. The summed E-state index contributed by atoms with van der Waals surface area (Å²) in [4.78, 5) is 23.0. The first-order valence-corrected chi connectivity index (χ1v) is 9.62. The first-order chi connectivity index (χ1) is 12.8. The van der Waals surface area contributed by atoms with Crippen LogP contribution in [0.4, 0.5) is 11.4 Å². The average molecular weight is 388 g/mol. The number of rotatable bonds is 6. The Kier molecular flexibility index (Phi) is 5.17. The normalized spacial score (nSPS) is 11.3. The van der Waals surface area contributed by atoms with Gasteiger partial charge in [0.1, 0.15) is 5.52 Å². The smallest absolute Gasteiger partial charge is 0.225 e. The molecule has 2 N–H and O–H groups in total. The van der Waals surface area contributed by atoms with Crippen molar-refractivity contribution in [2.24, 2.45) is 0 Å². The number of anilines is 2. The second-order valence-electron chi connectivity index (χ2n) is 5.76. The zero-order chi connectivity index (χ0) is 19.4. The van der Waals surface area contributed by atoms with Crippen molar-refractivity contribution in [3.05, 3.63) is 42.5 Å². The zero-order valence-corrected chi connectivity index (χ0v) is 15.1. The monoisotopic (exact) mass is 388 g/mol. The lowest BCUT2D eigenvalue weighted by Gasteiger charge is -2.08. The fraction of sp³-hybridized carbons (Fsp3) is 0.176. The Labute approximate surface area is 154 Å². The molecule has 0 saturated heterocycles. The van der Waals surface area contributed by atoms with Crippen molar-refractivity contribution in [2.75, 3.05) is 16.4 Å². The number of aromatic nitrogens is 2. The third-order valence-electron chi connectivity index (χ3n) is 3.67. The summed E-state index contributed by atoms with van der Waals surface area (Å²) < 4.78 is 29.6. The van der Waals surface area contributed by atoms with Crippen molar-refractivity contribution in [1.29, 1.82) is 0 Å². The number of fused-ring (bicyclic) bond motifs is 1. The fourth-order valence-corrected chi connectivity index (χ4v) is 3.83. The maximum atomic E-state index is 12.5. The lowest BCUT2D eigenvalue weighted by Crippen LogP contribution is -2.17. The van der Waals surface area contributed by atoms with Gasteiger partial charge in [0, 0.05) is 24.7 Å². The van der Waals surface area contributed by atoms with Crippen LogP contribution in [-0.2, 0) is 19.4 Å². The Balaban J connectivity index is 1.63. The molecule has 0 spiro atoms. The Morgan fingerprint density at radius 1 is 1.00 bits per heavy atom. The molecule has 1 aromatic heterocycles. The molecule has 0 bridgehead atoms. The van der Waals surface area contributed by atoms with E-state index in [9.17, 15) is 18.0 Å². The van der Waals surface area contributed by atoms with Crippen molar-refractivity contribution in [3.8, 4) is 0 Å². The van der Waals surface area contributed by atoms with E-state index in [1.807, 2.05) is 0 Å². The number of sulfone groups is 1. The maximum Gasteiger partial charge on any atom is 0.225 e. The van der Waals surface area contributed by atoms with E-state index in [2.05, 4.69) is 25.6 Å². The molecule has 0 radical (unpaired) electrons. The van der Waals surface area contributed by atoms with Gasteiger partial charge in [0.25, 0.3) is 0 Å². The van der Waals surface area contributed by atoms with E-state index in [1.165, 1.54) is 19.1 Å². The summed E-state index contributed by atoms with van der Waals surface area (Å²) in [5, 5.41) is 12.5. The van der Waals surface area contributed by atoms with Gasteiger partial charge in [-0.3, -0.25) is 9.59 Å². The highest BCUT2D eigenvalue weighted by Gasteiger charge is 2.21. The molecule has 140 valence electrons. The molecule has 2 amide bonds. The molecule has 3 aromatic rings. The van der Waals surface area contributed by atoms with Crippen LogP contribution in [0, 0.1) is 0 Å². The van der Waals surface area contributed by atoms with E-state index >= 15 is 0 Å².